The van der Waals surface area contributed by atoms with E-state index in [4.69, 9.17) is 4.98 Å². The lowest BCUT2D eigenvalue weighted by molar-refractivity contribution is -0.128. The van der Waals surface area contributed by atoms with Gasteiger partial charge in [0.15, 0.2) is 10.2 Å². The minimum Gasteiger partial charge on any atom is -0.345 e. The molecule has 0 unspecified atom stereocenters. The Kier molecular flexibility index (Phi) is 5.64. The quantitative estimate of drug-likeness (QED) is 0.818. The number of thiazole rings is 1. The van der Waals surface area contributed by atoms with Crippen molar-refractivity contribution in [1.29, 1.82) is 0 Å². The van der Waals surface area contributed by atoms with Gasteiger partial charge in [-0.05, 0) is 17.5 Å². The van der Waals surface area contributed by atoms with Crippen molar-refractivity contribution < 1.29 is 9.59 Å². The summed E-state index contributed by atoms with van der Waals surface area (Å²) in [5.74, 6) is 0.743. The number of thioether (sulfide) groups is 1. The van der Waals surface area contributed by atoms with Crippen LogP contribution in [0.15, 0.2) is 18.2 Å². The summed E-state index contributed by atoms with van der Waals surface area (Å²) in [7, 11) is 0. The Hall–Kier alpha value is -1.60. The third kappa shape index (κ3) is 4.15. The van der Waals surface area contributed by atoms with E-state index >= 15 is 0 Å². The van der Waals surface area contributed by atoms with E-state index in [9.17, 15) is 9.59 Å². The highest BCUT2D eigenvalue weighted by Gasteiger charge is 2.23. The summed E-state index contributed by atoms with van der Waals surface area (Å²) in [6, 6.07) is 6.38. The summed E-state index contributed by atoms with van der Waals surface area (Å²) in [4.78, 5) is 32.1. The van der Waals surface area contributed by atoms with Crippen LogP contribution in [0.5, 0.6) is 0 Å². The van der Waals surface area contributed by atoms with Gasteiger partial charge in [0.1, 0.15) is 0 Å². The zero-order chi connectivity index (χ0) is 18.0. The monoisotopic (exact) mass is 377 g/mol. The second kappa shape index (κ2) is 7.74. The van der Waals surface area contributed by atoms with Gasteiger partial charge in [0.25, 0.3) is 0 Å². The number of fused-ring (bicyclic) bond motifs is 1. The number of aromatic nitrogens is 1. The van der Waals surface area contributed by atoms with Crippen LogP contribution in [0.3, 0.4) is 0 Å². The fraction of sp³-hybridized carbons (Fsp3) is 0.500. The van der Waals surface area contributed by atoms with Crippen molar-refractivity contribution in [2.75, 3.05) is 36.8 Å². The molecule has 0 radical (unpaired) electrons. The standard InChI is InChI=1S/C18H23N3O2S2/c1-12(2)14-5-4-6-15-17(14)19-18(25-15)21-9-7-20(8-10-21)16(23)11-24-13(3)22/h4-6,12H,7-11H2,1-3H3. The second-order valence-electron chi connectivity index (χ2n) is 6.49. The largest absolute Gasteiger partial charge is 0.345 e. The molecule has 2 aromatic rings. The van der Waals surface area contributed by atoms with Crippen molar-refractivity contribution in [2.24, 2.45) is 0 Å². The van der Waals surface area contributed by atoms with E-state index in [1.807, 2.05) is 4.90 Å². The molecule has 0 saturated carbocycles. The van der Waals surface area contributed by atoms with Crippen LogP contribution in [0.1, 0.15) is 32.3 Å². The Morgan fingerprint density at radius 1 is 1.24 bits per heavy atom. The summed E-state index contributed by atoms with van der Waals surface area (Å²) in [5, 5.41) is 1.02. The van der Waals surface area contributed by atoms with E-state index in [2.05, 4.69) is 36.9 Å². The number of benzene rings is 1. The predicted octanol–water partition coefficient (Wildman–Crippen LogP) is 3.35. The fourth-order valence-electron chi connectivity index (χ4n) is 2.96. The van der Waals surface area contributed by atoms with E-state index in [-0.39, 0.29) is 16.8 Å². The molecular formula is C18H23N3O2S2. The number of hydrogen-bond donors (Lipinski definition) is 0. The molecule has 0 N–H and O–H groups in total. The topological polar surface area (TPSA) is 53.5 Å². The number of piperazine rings is 1. The Labute approximate surface area is 156 Å². The van der Waals surface area contributed by atoms with Gasteiger partial charge in [0, 0.05) is 33.1 Å². The number of carbonyl (C=O) groups is 2. The molecule has 25 heavy (non-hydrogen) atoms. The average Bonchev–Trinajstić information content (AvgIpc) is 3.03. The lowest BCUT2D eigenvalue weighted by Crippen LogP contribution is -2.49. The van der Waals surface area contributed by atoms with Gasteiger partial charge in [-0.25, -0.2) is 4.98 Å². The summed E-state index contributed by atoms with van der Waals surface area (Å²) >= 11 is 2.81. The molecule has 1 aromatic heterocycles. The van der Waals surface area contributed by atoms with E-state index in [1.165, 1.54) is 17.2 Å². The lowest BCUT2D eigenvalue weighted by atomic mass is 10.0. The molecule has 1 aromatic carbocycles. The van der Waals surface area contributed by atoms with Gasteiger partial charge >= 0.3 is 0 Å². The number of carbonyl (C=O) groups excluding carboxylic acids is 2. The maximum absolute atomic E-state index is 12.1. The maximum atomic E-state index is 12.1. The van der Waals surface area contributed by atoms with Crippen LogP contribution in [-0.4, -0.2) is 52.8 Å². The lowest BCUT2D eigenvalue weighted by Gasteiger charge is -2.34. The molecule has 0 spiro atoms. The predicted molar refractivity (Wildman–Crippen MR) is 106 cm³/mol. The third-order valence-corrected chi connectivity index (χ3v) is 6.24. The van der Waals surface area contributed by atoms with Crippen molar-refractivity contribution in [3.05, 3.63) is 23.8 Å². The Morgan fingerprint density at radius 3 is 2.60 bits per heavy atom. The van der Waals surface area contributed by atoms with Crippen molar-refractivity contribution in [3.63, 3.8) is 0 Å². The average molecular weight is 378 g/mol. The highest BCUT2D eigenvalue weighted by molar-refractivity contribution is 8.14. The smallest absolute Gasteiger partial charge is 0.233 e. The number of nitrogens with zero attached hydrogens (tertiary/aromatic N) is 3. The van der Waals surface area contributed by atoms with Gasteiger partial charge in [-0.2, -0.15) is 0 Å². The Morgan fingerprint density at radius 2 is 1.96 bits per heavy atom. The van der Waals surface area contributed by atoms with Crippen molar-refractivity contribution in [2.45, 2.75) is 26.7 Å². The molecule has 2 heterocycles. The van der Waals surface area contributed by atoms with Crippen LogP contribution >= 0.6 is 23.1 Å². The number of hydrogen-bond acceptors (Lipinski definition) is 6. The van der Waals surface area contributed by atoms with Crippen LogP contribution in [0.25, 0.3) is 10.2 Å². The molecule has 5 nitrogen and oxygen atoms in total. The molecule has 0 aliphatic carbocycles. The molecular weight excluding hydrogens is 354 g/mol. The van der Waals surface area contributed by atoms with Gasteiger partial charge in [0.2, 0.25) is 5.91 Å². The van der Waals surface area contributed by atoms with E-state index in [0.717, 1.165) is 35.5 Å². The van der Waals surface area contributed by atoms with Gasteiger partial charge in [-0.3, -0.25) is 9.59 Å². The number of anilines is 1. The van der Waals surface area contributed by atoms with Crippen LogP contribution in [0, 0.1) is 0 Å². The molecule has 7 heteroatoms. The van der Waals surface area contributed by atoms with E-state index in [1.54, 1.807) is 11.3 Å². The molecule has 1 fully saturated rings. The first-order chi connectivity index (χ1) is 12.0. The maximum Gasteiger partial charge on any atom is 0.233 e. The summed E-state index contributed by atoms with van der Waals surface area (Å²) in [6.07, 6.45) is 0. The van der Waals surface area contributed by atoms with Crippen LogP contribution in [0.4, 0.5) is 5.13 Å². The molecule has 1 aliphatic heterocycles. The van der Waals surface area contributed by atoms with E-state index in [0.29, 0.717) is 19.0 Å². The van der Waals surface area contributed by atoms with Crippen LogP contribution in [0.2, 0.25) is 0 Å². The number of rotatable bonds is 4. The summed E-state index contributed by atoms with van der Waals surface area (Å²) in [6.45, 7) is 8.82. The zero-order valence-electron chi connectivity index (χ0n) is 14.8. The third-order valence-electron chi connectivity index (χ3n) is 4.36. The number of amides is 1. The first-order valence-corrected chi connectivity index (χ1v) is 10.3. The van der Waals surface area contributed by atoms with E-state index < -0.39 is 0 Å². The number of para-hydroxylation sites is 1. The molecule has 1 aliphatic rings. The minimum atomic E-state index is -0.0116. The Bertz CT molecular complexity index is 780. The van der Waals surface area contributed by atoms with Crippen LogP contribution in [-0.2, 0) is 9.59 Å². The van der Waals surface area contributed by atoms with Crippen molar-refractivity contribution in [3.8, 4) is 0 Å². The Balaban J connectivity index is 1.67. The highest BCUT2D eigenvalue weighted by atomic mass is 32.2. The van der Waals surface area contributed by atoms with Gasteiger partial charge in [-0.15, -0.1) is 0 Å². The summed E-state index contributed by atoms with van der Waals surface area (Å²) < 4.78 is 1.22. The highest BCUT2D eigenvalue weighted by Crippen LogP contribution is 2.33. The first kappa shape index (κ1) is 18.2. The molecule has 1 amide bonds. The molecule has 3 rings (SSSR count). The van der Waals surface area contributed by atoms with Crippen molar-refractivity contribution in [1.82, 2.24) is 9.88 Å². The molecule has 0 atom stereocenters. The summed E-state index contributed by atoms with van der Waals surface area (Å²) in [5.41, 5.74) is 2.39. The van der Waals surface area contributed by atoms with Gasteiger partial charge < -0.3 is 9.80 Å². The van der Waals surface area contributed by atoms with Crippen LogP contribution < -0.4 is 4.90 Å². The SMILES string of the molecule is CC(=O)SCC(=O)N1CCN(c2nc3c(C(C)C)cccc3s2)CC1. The zero-order valence-corrected chi connectivity index (χ0v) is 16.5. The fourth-order valence-corrected chi connectivity index (χ4v) is 4.52. The molecule has 134 valence electrons. The molecule has 1 saturated heterocycles. The van der Waals surface area contributed by atoms with Gasteiger partial charge in [-0.1, -0.05) is 49.1 Å². The normalized spacial score (nSPS) is 15.2. The molecule has 0 bridgehead atoms. The van der Waals surface area contributed by atoms with Gasteiger partial charge in [0.05, 0.1) is 16.0 Å². The second-order valence-corrected chi connectivity index (χ2v) is 8.65. The minimum absolute atomic E-state index is 0.0116. The van der Waals surface area contributed by atoms with Crippen molar-refractivity contribution >= 4 is 49.5 Å². The first-order valence-electron chi connectivity index (χ1n) is 8.51.